The van der Waals surface area contributed by atoms with Crippen LogP contribution in [0, 0.1) is 6.92 Å². The lowest BCUT2D eigenvalue weighted by atomic mass is 10.2. The summed E-state index contributed by atoms with van der Waals surface area (Å²) in [4.78, 5) is 48.8. The number of hydrogen-bond donors (Lipinski definition) is 0. The van der Waals surface area contributed by atoms with Crippen LogP contribution in [0.15, 0.2) is 70.4 Å². The Kier molecular flexibility index (Phi) is 5.21. The molecule has 4 rings (SSSR count). The van der Waals surface area contributed by atoms with Gasteiger partial charge in [0.25, 0.3) is 5.56 Å². The summed E-state index contributed by atoms with van der Waals surface area (Å²) >= 11 is 0. The summed E-state index contributed by atoms with van der Waals surface area (Å²) in [5.41, 5.74) is 1.48. The second-order valence-electron chi connectivity index (χ2n) is 7.32. The van der Waals surface area contributed by atoms with Crippen LogP contribution in [0.3, 0.4) is 0 Å². The first kappa shape index (κ1) is 20.2. The zero-order chi connectivity index (χ0) is 22.1. The van der Waals surface area contributed by atoms with Gasteiger partial charge in [0.1, 0.15) is 11.9 Å². The first-order chi connectivity index (χ1) is 14.9. The van der Waals surface area contributed by atoms with Crippen LogP contribution in [0.4, 0.5) is 5.69 Å². The Balaban J connectivity index is 1.75. The van der Waals surface area contributed by atoms with Crippen molar-refractivity contribution >= 4 is 22.6 Å². The van der Waals surface area contributed by atoms with Crippen molar-refractivity contribution in [1.29, 1.82) is 0 Å². The van der Waals surface area contributed by atoms with Gasteiger partial charge in [-0.25, -0.2) is 14.8 Å². The van der Waals surface area contributed by atoms with E-state index >= 15 is 0 Å². The van der Waals surface area contributed by atoms with Crippen LogP contribution in [0.1, 0.15) is 5.56 Å². The van der Waals surface area contributed by atoms with Gasteiger partial charge in [-0.2, -0.15) is 0 Å². The van der Waals surface area contributed by atoms with Crippen LogP contribution >= 0.6 is 0 Å². The molecule has 0 saturated carbocycles. The van der Waals surface area contributed by atoms with Gasteiger partial charge in [-0.3, -0.25) is 18.7 Å². The Bertz CT molecular complexity index is 1410. The summed E-state index contributed by atoms with van der Waals surface area (Å²) in [5, 5.41) is 0.174. The molecule has 2 aromatic heterocycles. The van der Waals surface area contributed by atoms with Gasteiger partial charge < -0.3 is 4.90 Å². The van der Waals surface area contributed by atoms with Crippen molar-refractivity contribution in [1.82, 2.24) is 19.1 Å². The standard InChI is InChI=1S/C23H21N5O3/c1-15-8-7-11-17(12-15)26(2)19(29)14-28-22(30)18-13-24-20(16-9-5-4-6-10-16)25-21(18)27(3)23(28)31/h4-13H,14H2,1-3H3. The van der Waals surface area contributed by atoms with E-state index in [4.69, 9.17) is 0 Å². The fraction of sp³-hybridized carbons (Fsp3) is 0.174. The van der Waals surface area contributed by atoms with Gasteiger partial charge in [0.15, 0.2) is 11.5 Å². The quantitative estimate of drug-likeness (QED) is 0.509. The number of carbonyl (C=O) groups excluding carboxylic acids is 1. The number of aromatic nitrogens is 4. The summed E-state index contributed by atoms with van der Waals surface area (Å²) in [7, 11) is 3.14. The molecule has 0 unspecified atom stereocenters. The fourth-order valence-corrected chi connectivity index (χ4v) is 3.37. The number of amides is 1. The Hall–Kier alpha value is -4.07. The van der Waals surface area contributed by atoms with Crippen molar-refractivity contribution in [3.63, 3.8) is 0 Å². The van der Waals surface area contributed by atoms with Crippen LogP contribution in [0.5, 0.6) is 0 Å². The Labute approximate surface area is 178 Å². The molecule has 0 aliphatic rings. The lowest BCUT2D eigenvalue weighted by Crippen LogP contribution is -2.44. The molecule has 4 aromatic rings. The predicted octanol–water partition coefficient (Wildman–Crippen LogP) is 2.13. The molecule has 0 atom stereocenters. The van der Waals surface area contributed by atoms with Gasteiger partial charge >= 0.3 is 5.69 Å². The third kappa shape index (κ3) is 3.75. The monoisotopic (exact) mass is 415 g/mol. The summed E-state index contributed by atoms with van der Waals surface area (Å²) in [6.45, 7) is 1.54. The molecule has 0 bridgehead atoms. The minimum Gasteiger partial charge on any atom is -0.314 e. The molecule has 0 radical (unpaired) electrons. The highest BCUT2D eigenvalue weighted by molar-refractivity contribution is 5.92. The number of fused-ring (bicyclic) bond motifs is 1. The maximum atomic E-state index is 13.0. The molecule has 0 aliphatic heterocycles. The normalized spacial score (nSPS) is 10.9. The molecule has 8 nitrogen and oxygen atoms in total. The largest absolute Gasteiger partial charge is 0.332 e. The highest BCUT2D eigenvalue weighted by Crippen LogP contribution is 2.16. The molecule has 156 valence electrons. The third-order valence-electron chi connectivity index (χ3n) is 5.17. The second-order valence-corrected chi connectivity index (χ2v) is 7.32. The molecule has 31 heavy (non-hydrogen) atoms. The molecule has 0 saturated heterocycles. The molecule has 8 heteroatoms. The van der Waals surface area contributed by atoms with E-state index < -0.39 is 11.2 Å². The van der Waals surface area contributed by atoms with E-state index in [2.05, 4.69) is 9.97 Å². The molecular weight excluding hydrogens is 394 g/mol. The van der Waals surface area contributed by atoms with Crippen LogP contribution < -0.4 is 16.1 Å². The van der Waals surface area contributed by atoms with Gasteiger partial charge in [0.05, 0.1) is 0 Å². The minimum absolute atomic E-state index is 0.174. The van der Waals surface area contributed by atoms with Crippen molar-refractivity contribution in [2.45, 2.75) is 13.5 Å². The number of aryl methyl sites for hydroxylation is 2. The molecule has 0 aliphatic carbocycles. The van der Waals surface area contributed by atoms with Crippen molar-refractivity contribution in [2.24, 2.45) is 7.05 Å². The average Bonchev–Trinajstić information content (AvgIpc) is 2.80. The first-order valence-electron chi connectivity index (χ1n) is 9.72. The molecule has 0 fully saturated rings. The number of carbonyl (C=O) groups is 1. The lowest BCUT2D eigenvalue weighted by molar-refractivity contribution is -0.119. The van der Waals surface area contributed by atoms with Crippen LogP contribution in [0.25, 0.3) is 22.4 Å². The highest BCUT2D eigenvalue weighted by atomic mass is 16.2. The summed E-state index contributed by atoms with van der Waals surface area (Å²) < 4.78 is 2.19. The molecule has 1 amide bonds. The average molecular weight is 415 g/mol. The zero-order valence-electron chi connectivity index (χ0n) is 17.4. The van der Waals surface area contributed by atoms with E-state index in [0.717, 1.165) is 15.7 Å². The first-order valence-corrected chi connectivity index (χ1v) is 9.72. The topological polar surface area (TPSA) is 90.1 Å². The molecule has 0 spiro atoms. The lowest BCUT2D eigenvalue weighted by Gasteiger charge is -2.18. The van der Waals surface area contributed by atoms with Gasteiger partial charge in [0, 0.05) is 31.5 Å². The van der Waals surface area contributed by atoms with E-state index in [0.29, 0.717) is 11.5 Å². The van der Waals surface area contributed by atoms with Crippen molar-refractivity contribution < 1.29 is 4.79 Å². The van der Waals surface area contributed by atoms with Crippen molar-refractivity contribution in [3.8, 4) is 11.4 Å². The third-order valence-corrected chi connectivity index (χ3v) is 5.17. The molecule has 2 heterocycles. The smallest absolute Gasteiger partial charge is 0.314 e. The number of hydrogen-bond acceptors (Lipinski definition) is 5. The highest BCUT2D eigenvalue weighted by Gasteiger charge is 2.18. The number of benzene rings is 2. The van der Waals surface area contributed by atoms with Gasteiger partial charge in [-0.1, -0.05) is 42.5 Å². The second kappa shape index (κ2) is 7.98. The predicted molar refractivity (Wildman–Crippen MR) is 119 cm³/mol. The van der Waals surface area contributed by atoms with E-state index in [1.165, 1.54) is 22.7 Å². The minimum atomic E-state index is -0.610. The Morgan fingerprint density at radius 1 is 1.06 bits per heavy atom. The molecule has 0 N–H and O–H groups in total. The van der Waals surface area contributed by atoms with E-state index in [1.807, 2.05) is 55.5 Å². The number of rotatable bonds is 4. The number of nitrogens with zero attached hydrogens (tertiary/aromatic N) is 5. The Morgan fingerprint density at radius 2 is 1.81 bits per heavy atom. The summed E-state index contributed by atoms with van der Waals surface area (Å²) in [5.74, 6) is 0.0291. The number of likely N-dealkylation sites (N-methyl/N-ethyl adjacent to an activating group) is 1. The van der Waals surface area contributed by atoms with E-state index in [1.54, 1.807) is 13.1 Å². The van der Waals surface area contributed by atoms with Gasteiger partial charge in [-0.15, -0.1) is 0 Å². The van der Waals surface area contributed by atoms with Crippen molar-refractivity contribution in [3.05, 3.63) is 87.2 Å². The van der Waals surface area contributed by atoms with Crippen LogP contribution in [0.2, 0.25) is 0 Å². The van der Waals surface area contributed by atoms with E-state index in [9.17, 15) is 14.4 Å². The summed E-state index contributed by atoms with van der Waals surface area (Å²) in [6.07, 6.45) is 1.40. The van der Waals surface area contributed by atoms with Crippen molar-refractivity contribution in [2.75, 3.05) is 11.9 Å². The van der Waals surface area contributed by atoms with Crippen LogP contribution in [-0.4, -0.2) is 32.1 Å². The SMILES string of the molecule is Cc1cccc(N(C)C(=O)Cn2c(=O)c3cnc(-c4ccccc4)nc3n(C)c2=O)c1. The maximum Gasteiger partial charge on any atom is 0.332 e. The van der Waals surface area contributed by atoms with Gasteiger partial charge in [0.2, 0.25) is 5.91 Å². The number of anilines is 1. The van der Waals surface area contributed by atoms with Gasteiger partial charge in [-0.05, 0) is 24.6 Å². The Morgan fingerprint density at radius 3 is 2.52 bits per heavy atom. The maximum absolute atomic E-state index is 13.0. The molecular formula is C23H21N5O3. The van der Waals surface area contributed by atoms with E-state index in [-0.39, 0.29) is 23.5 Å². The molecule has 2 aromatic carbocycles. The fourth-order valence-electron chi connectivity index (χ4n) is 3.37. The summed E-state index contributed by atoms with van der Waals surface area (Å²) in [6, 6.07) is 16.7. The van der Waals surface area contributed by atoms with Crippen LogP contribution in [-0.2, 0) is 18.4 Å². The zero-order valence-corrected chi connectivity index (χ0v) is 17.4.